The number of nitrogens with zero attached hydrogens (tertiary/aromatic N) is 1. The van der Waals surface area contributed by atoms with E-state index in [2.05, 4.69) is 126 Å². The standard InChI is InChI=1S/C45H35N3O/c1-3-34(31(2)18-16-17-29-46-33-21-8-5-9-22-33)45-43(37-25-12-15-28-41(37)49-45)44-36-24-11-14-27-40(36)48(44)42-30-38(32-19-6-4-7-20-32)35-23-10-13-26-39(35)47-42/h3-30,39,46-47H,1-2H2/b18-16-,29-17-,44-43-,45-34-. The predicted octanol–water partition coefficient (Wildman–Crippen LogP) is 8.88. The van der Waals surface area contributed by atoms with Crippen LogP contribution in [0.15, 0.2) is 205 Å². The predicted molar refractivity (Wildman–Crippen MR) is 205 cm³/mol. The summed E-state index contributed by atoms with van der Waals surface area (Å²) in [5, 5.41) is 9.18. The summed E-state index contributed by atoms with van der Waals surface area (Å²) < 4.78 is 6.69. The van der Waals surface area contributed by atoms with E-state index < -0.39 is 0 Å². The van der Waals surface area contributed by atoms with Crippen molar-refractivity contribution in [1.82, 2.24) is 5.32 Å². The minimum atomic E-state index is 0.0411. The van der Waals surface area contributed by atoms with Gasteiger partial charge in [-0.3, -0.25) is 4.90 Å². The van der Waals surface area contributed by atoms with E-state index in [0.717, 1.165) is 61.2 Å². The van der Waals surface area contributed by atoms with Crippen molar-refractivity contribution in [3.8, 4) is 0 Å². The Labute approximate surface area is 286 Å². The second-order valence-corrected chi connectivity index (χ2v) is 12.0. The molecule has 2 N–H and O–H groups in total. The lowest BCUT2D eigenvalue weighted by atomic mass is 9.88. The molecule has 0 saturated carbocycles. The van der Waals surface area contributed by atoms with Crippen LogP contribution in [0.25, 0.3) is 27.8 Å². The Hall–Kier alpha value is -6.52. The summed E-state index contributed by atoms with van der Waals surface area (Å²) in [7, 11) is 0. The van der Waals surface area contributed by atoms with Crippen molar-refractivity contribution in [3.05, 3.63) is 222 Å². The van der Waals surface area contributed by atoms with Gasteiger partial charge in [-0.15, -0.1) is 0 Å². The summed E-state index contributed by atoms with van der Waals surface area (Å²) in [5.74, 6) is 1.01. The maximum atomic E-state index is 6.69. The van der Waals surface area contributed by atoms with Gasteiger partial charge in [0.25, 0.3) is 0 Å². The van der Waals surface area contributed by atoms with Crippen LogP contribution < -0.4 is 26.2 Å². The second kappa shape index (κ2) is 12.9. The third kappa shape index (κ3) is 5.49. The minimum Gasteiger partial charge on any atom is -0.455 e. The molecule has 8 rings (SSSR count). The number of para-hydroxylation sites is 3. The fourth-order valence-corrected chi connectivity index (χ4v) is 6.73. The Kier molecular flexibility index (Phi) is 7.88. The van der Waals surface area contributed by atoms with Gasteiger partial charge in [0.15, 0.2) is 0 Å². The molecule has 1 atom stereocenters. The van der Waals surface area contributed by atoms with Crippen LogP contribution in [0.2, 0.25) is 0 Å². The lowest BCUT2D eigenvalue weighted by molar-refractivity contribution is 0.572. The van der Waals surface area contributed by atoms with Crippen LogP contribution in [0.5, 0.6) is 0 Å². The number of fused-ring (bicyclic) bond motifs is 3. The Morgan fingerprint density at radius 2 is 1.59 bits per heavy atom. The van der Waals surface area contributed by atoms with Crippen molar-refractivity contribution < 1.29 is 4.42 Å². The van der Waals surface area contributed by atoms with Crippen LogP contribution in [-0.2, 0) is 0 Å². The number of dihydropyridines is 1. The summed E-state index contributed by atoms with van der Waals surface area (Å²) in [6.45, 7) is 8.65. The lowest BCUT2D eigenvalue weighted by Crippen LogP contribution is -2.47. The van der Waals surface area contributed by atoms with Crippen LogP contribution in [-0.4, -0.2) is 6.04 Å². The molecule has 0 bridgehead atoms. The molecule has 4 aromatic carbocycles. The van der Waals surface area contributed by atoms with Crippen LogP contribution in [0.3, 0.4) is 0 Å². The fraction of sp³-hybridized carbons (Fsp3) is 0.0222. The highest BCUT2D eigenvalue weighted by molar-refractivity contribution is 6.03. The van der Waals surface area contributed by atoms with E-state index in [9.17, 15) is 0 Å². The molecular formula is C45H35N3O. The molecule has 4 nitrogen and oxygen atoms in total. The molecule has 49 heavy (non-hydrogen) atoms. The number of rotatable bonds is 8. The van der Waals surface area contributed by atoms with Crippen molar-refractivity contribution in [2.75, 3.05) is 10.2 Å². The Morgan fingerprint density at radius 1 is 0.837 bits per heavy atom. The molecule has 0 spiro atoms. The molecule has 5 aromatic rings. The van der Waals surface area contributed by atoms with Crippen molar-refractivity contribution in [2.45, 2.75) is 6.04 Å². The van der Waals surface area contributed by atoms with Gasteiger partial charge in [0.2, 0.25) is 0 Å². The zero-order valence-corrected chi connectivity index (χ0v) is 27.0. The van der Waals surface area contributed by atoms with Crippen molar-refractivity contribution >= 4 is 39.2 Å². The summed E-state index contributed by atoms with van der Waals surface area (Å²) in [6, 6.07) is 37.5. The normalized spacial score (nSPS) is 18.2. The Balaban J connectivity index is 1.29. The van der Waals surface area contributed by atoms with E-state index >= 15 is 0 Å². The number of anilines is 2. The molecule has 3 aliphatic rings. The van der Waals surface area contributed by atoms with Crippen LogP contribution in [0.1, 0.15) is 11.1 Å². The first-order chi connectivity index (χ1) is 24.2. The number of benzene rings is 4. The molecule has 1 aliphatic carbocycles. The molecular weight excluding hydrogens is 599 g/mol. The molecule has 4 heteroatoms. The number of hydrogen-bond acceptors (Lipinski definition) is 4. The zero-order valence-electron chi connectivity index (χ0n) is 27.0. The Bertz CT molecular complexity index is 2420. The van der Waals surface area contributed by atoms with Gasteiger partial charge in [-0.2, -0.15) is 0 Å². The van der Waals surface area contributed by atoms with Crippen LogP contribution >= 0.6 is 0 Å². The highest BCUT2D eigenvalue weighted by Gasteiger charge is 2.36. The Morgan fingerprint density at radius 3 is 2.43 bits per heavy atom. The number of hydrogen-bond donors (Lipinski definition) is 2. The maximum Gasteiger partial charge on any atom is 0.145 e. The molecule has 236 valence electrons. The molecule has 0 fully saturated rings. The zero-order chi connectivity index (χ0) is 33.2. The third-order valence-electron chi connectivity index (χ3n) is 9.03. The molecule has 2 aliphatic heterocycles. The molecule has 0 amide bonds. The second-order valence-electron chi connectivity index (χ2n) is 12.0. The molecule has 0 radical (unpaired) electrons. The van der Waals surface area contributed by atoms with Crippen molar-refractivity contribution in [3.63, 3.8) is 0 Å². The van der Waals surface area contributed by atoms with Gasteiger partial charge in [-0.05, 0) is 58.7 Å². The highest BCUT2D eigenvalue weighted by atomic mass is 16.3. The average Bonchev–Trinajstić information content (AvgIpc) is 3.51. The quantitative estimate of drug-likeness (QED) is 0.168. The first-order valence-electron chi connectivity index (χ1n) is 16.5. The topological polar surface area (TPSA) is 40.4 Å². The smallest absolute Gasteiger partial charge is 0.145 e. The van der Waals surface area contributed by atoms with Gasteiger partial charge < -0.3 is 15.1 Å². The summed E-state index contributed by atoms with van der Waals surface area (Å²) >= 11 is 0. The van der Waals surface area contributed by atoms with E-state index in [4.69, 9.17) is 4.42 Å². The van der Waals surface area contributed by atoms with E-state index in [1.807, 2.05) is 73.0 Å². The fourth-order valence-electron chi connectivity index (χ4n) is 6.73. The average molecular weight is 634 g/mol. The largest absolute Gasteiger partial charge is 0.455 e. The number of furan rings is 1. The van der Waals surface area contributed by atoms with Gasteiger partial charge in [-0.1, -0.05) is 141 Å². The van der Waals surface area contributed by atoms with Crippen LogP contribution in [0.4, 0.5) is 11.4 Å². The summed E-state index contributed by atoms with van der Waals surface area (Å²) in [5.41, 5.74) is 11.2. The molecule has 1 aromatic heterocycles. The third-order valence-corrected chi connectivity index (χ3v) is 9.03. The number of allylic oxidation sites excluding steroid dienone is 9. The van der Waals surface area contributed by atoms with E-state index in [1.54, 1.807) is 0 Å². The van der Waals surface area contributed by atoms with Gasteiger partial charge >= 0.3 is 0 Å². The monoisotopic (exact) mass is 633 g/mol. The van der Waals surface area contributed by atoms with E-state index in [-0.39, 0.29) is 6.04 Å². The van der Waals surface area contributed by atoms with Crippen molar-refractivity contribution in [2.24, 2.45) is 0 Å². The van der Waals surface area contributed by atoms with Crippen molar-refractivity contribution in [1.29, 1.82) is 0 Å². The summed E-state index contributed by atoms with van der Waals surface area (Å²) in [6.07, 6.45) is 20.6. The molecule has 1 unspecified atom stereocenters. The van der Waals surface area contributed by atoms with Gasteiger partial charge in [0.1, 0.15) is 16.8 Å². The molecule has 3 heterocycles. The van der Waals surface area contributed by atoms with Gasteiger partial charge in [-0.25, -0.2) is 0 Å². The van der Waals surface area contributed by atoms with E-state index in [1.165, 1.54) is 16.7 Å². The van der Waals surface area contributed by atoms with Crippen LogP contribution in [0, 0.1) is 0 Å². The minimum absolute atomic E-state index is 0.0411. The SMILES string of the molecule is C=C/C(C(=C)/C=C\C=C/Nc1ccccc1)=c1/oc2ccccc2/c1=C1\c2ccccc2N1C1=CC(c2ccccc2)=C2C=CC=CC2N1. The molecule has 0 saturated heterocycles. The summed E-state index contributed by atoms with van der Waals surface area (Å²) in [4.78, 5) is 2.33. The van der Waals surface area contributed by atoms with E-state index in [0.29, 0.717) is 0 Å². The lowest BCUT2D eigenvalue weighted by Gasteiger charge is -2.43. The number of nitrogens with one attached hydrogen (secondary N) is 2. The maximum absolute atomic E-state index is 6.69. The first-order valence-corrected chi connectivity index (χ1v) is 16.5. The highest BCUT2D eigenvalue weighted by Crippen LogP contribution is 2.45. The first kappa shape index (κ1) is 29.9. The van der Waals surface area contributed by atoms with Gasteiger partial charge in [0.05, 0.1) is 22.6 Å². The van der Waals surface area contributed by atoms with Gasteiger partial charge in [0, 0.05) is 28.4 Å².